The molecule has 1 fully saturated rings. The Balaban J connectivity index is 1.61. The minimum atomic E-state index is -0.327. The lowest BCUT2D eigenvalue weighted by molar-refractivity contribution is -0.132. The molecule has 1 aromatic carbocycles. The van der Waals surface area contributed by atoms with Gasteiger partial charge in [-0.25, -0.2) is 4.39 Å². The van der Waals surface area contributed by atoms with Gasteiger partial charge in [-0.2, -0.15) is 0 Å². The first kappa shape index (κ1) is 15.7. The molecule has 3 rings (SSSR count). The van der Waals surface area contributed by atoms with Crippen molar-refractivity contribution in [2.24, 2.45) is 0 Å². The summed E-state index contributed by atoms with van der Waals surface area (Å²) in [6.07, 6.45) is 2.84. The zero-order valence-corrected chi connectivity index (χ0v) is 12.9. The molecular formula is C18H20FNO3. The van der Waals surface area contributed by atoms with Crippen molar-refractivity contribution in [3.8, 4) is 11.3 Å². The molecule has 1 N–H and O–H groups in total. The fourth-order valence-corrected chi connectivity index (χ4v) is 2.70. The van der Waals surface area contributed by atoms with Gasteiger partial charge < -0.3 is 14.4 Å². The number of furan rings is 1. The Hall–Kier alpha value is -2.14. The Morgan fingerprint density at radius 3 is 2.74 bits per heavy atom. The lowest BCUT2D eigenvalue weighted by Crippen LogP contribution is -2.35. The molecule has 1 aromatic heterocycles. The normalized spacial score (nSPS) is 14.0. The first-order valence-corrected chi connectivity index (χ1v) is 7.93. The molecule has 0 spiro atoms. The third-order valence-electron chi connectivity index (χ3n) is 4.04. The van der Waals surface area contributed by atoms with Crippen LogP contribution in [0.4, 0.5) is 4.39 Å². The van der Waals surface area contributed by atoms with Gasteiger partial charge in [-0.1, -0.05) is 12.1 Å². The van der Waals surface area contributed by atoms with Crippen LogP contribution in [0.5, 0.6) is 0 Å². The smallest absolute Gasteiger partial charge is 0.223 e. The summed E-state index contributed by atoms with van der Waals surface area (Å²) >= 11 is 0. The van der Waals surface area contributed by atoms with Crippen LogP contribution in [0.3, 0.4) is 0 Å². The zero-order chi connectivity index (χ0) is 16.2. The van der Waals surface area contributed by atoms with E-state index < -0.39 is 0 Å². The second-order valence-corrected chi connectivity index (χ2v) is 5.79. The van der Waals surface area contributed by atoms with Gasteiger partial charge in [0.2, 0.25) is 5.91 Å². The van der Waals surface area contributed by atoms with E-state index in [0.717, 1.165) is 12.8 Å². The second-order valence-electron chi connectivity index (χ2n) is 5.79. The fraction of sp³-hybridized carbons (Fsp3) is 0.389. The lowest BCUT2D eigenvalue weighted by Gasteiger charge is -2.21. The maximum Gasteiger partial charge on any atom is 0.223 e. The number of carbonyl (C=O) groups is 1. The molecule has 0 unspecified atom stereocenters. The SMILES string of the molecule is O=C(CCc1ccc(-c2ccccc2F)o1)N(CCO)C1CC1. The number of amides is 1. The van der Waals surface area contributed by atoms with E-state index in [2.05, 4.69) is 0 Å². The Morgan fingerprint density at radius 1 is 1.26 bits per heavy atom. The lowest BCUT2D eigenvalue weighted by atomic mass is 10.1. The average molecular weight is 317 g/mol. The predicted molar refractivity (Wildman–Crippen MR) is 84.2 cm³/mol. The predicted octanol–water partition coefficient (Wildman–Crippen LogP) is 3.00. The van der Waals surface area contributed by atoms with Gasteiger partial charge >= 0.3 is 0 Å². The monoisotopic (exact) mass is 317 g/mol. The third-order valence-corrected chi connectivity index (χ3v) is 4.04. The highest BCUT2D eigenvalue weighted by molar-refractivity contribution is 5.77. The van der Waals surface area contributed by atoms with Gasteiger partial charge in [0.05, 0.1) is 12.2 Å². The Labute approximate surface area is 134 Å². The van der Waals surface area contributed by atoms with Crippen LogP contribution in [0.2, 0.25) is 0 Å². The molecule has 0 radical (unpaired) electrons. The molecule has 1 aliphatic rings. The van der Waals surface area contributed by atoms with E-state index in [0.29, 0.717) is 42.5 Å². The number of aliphatic hydroxyl groups excluding tert-OH is 1. The van der Waals surface area contributed by atoms with Crippen LogP contribution in [0.15, 0.2) is 40.8 Å². The van der Waals surface area contributed by atoms with Crippen molar-refractivity contribution in [1.82, 2.24) is 4.90 Å². The van der Waals surface area contributed by atoms with Crippen molar-refractivity contribution in [2.45, 2.75) is 31.7 Å². The van der Waals surface area contributed by atoms with Crippen molar-refractivity contribution in [3.05, 3.63) is 48.0 Å². The Morgan fingerprint density at radius 2 is 2.04 bits per heavy atom. The van der Waals surface area contributed by atoms with Crippen molar-refractivity contribution in [1.29, 1.82) is 0 Å². The molecule has 2 aromatic rings. The van der Waals surface area contributed by atoms with Gasteiger partial charge in [0, 0.05) is 25.4 Å². The highest BCUT2D eigenvalue weighted by atomic mass is 19.1. The van der Waals surface area contributed by atoms with Crippen molar-refractivity contribution < 1.29 is 18.7 Å². The van der Waals surface area contributed by atoms with E-state index in [1.807, 2.05) is 0 Å². The summed E-state index contributed by atoms with van der Waals surface area (Å²) < 4.78 is 19.4. The van der Waals surface area contributed by atoms with E-state index in [4.69, 9.17) is 9.52 Å². The minimum absolute atomic E-state index is 0.0135. The summed E-state index contributed by atoms with van der Waals surface area (Å²) in [7, 11) is 0. The van der Waals surface area contributed by atoms with E-state index in [-0.39, 0.29) is 18.3 Å². The number of aryl methyl sites for hydroxylation is 1. The van der Waals surface area contributed by atoms with Gasteiger partial charge in [-0.3, -0.25) is 4.79 Å². The van der Waals surface area contributed by atoms with Crippen LogP contribution in [-0.4, -0.2) is 35.1 Å². The summed E-state index contributed by atoms with van der Waals surface area (Å²) in [6.45, 7) is 0.378. The van der Waals surface area contributed by atoms with Crippen molar-refractivity contribution >= 4 is 5.91 Å². The molecule has 4 nitrogen and oxygen atoms in total. The van der Waals surface area contributed by atoms with Crippen molar-refractivity contribution in [3.63, 3.8) is 0 Å². The summed E-state index contributed by atoms with van der Waals surface area (Å²) in [5.41, 5.74) is 0.421. The van der Waals surface area contributed by atoms with Crippen LogP contribution in [0.25, 0.3) is 11.3 Å². The number of hydrogen-bond donors (Lipinski definition) is 1. The van der Waals surface area contributed by atoms with E-state index in [1.165, 1.54) is 6.07 Å². The molecule has 0 bridgehead atoms. The highest BCUT2D eigenvalue weighted by Crippen LogP contribution is 2.28. The van der Waals surface area contributed by atoms with Gasteiger partial charge in [0.1, 0.15) is 17.3 Å². The number of aliphatic hydroxyl groups is 1. The number of carbonyl (C=O) groups excluding carboxylic acids is 1. The quantitative estimate of drug-likeness (QED) is 0.854. The average Bonchev–Trinajstić information content (AvgIpc) is 3.28. The molecule has 0 atom stereocenters. The van der Waals surface area contributed by atoms with Gasteiger partial charge in [-0.05, 0) is 37.1 Å². The van der Waals surface area contributed by atoms with E-state index in [1.54, 1.807) is 35.2 Å². The van der Waals surface area contributed by atoms with Crippen LogP contribution >= 0.6 is 0 Å². The Kier molecular flexibility index (Phi) is 4.76. The van der Waals surface area contributed by atoms with Gasteiger partial charge in [0.15, 0.2) is 0 Å². The number of halogens is 1. The van der Waals surface area contributed by atoms with Crippen LogP contribution in [0.1, 0.15) is 25.0 Å². The first-order valence-electron chi connectivity index (χ1n) is 7.93. The summed E-state index contributed by atoms with van der Waals surface area (Å²) in [5, 5.41) is 9.05. The molecule has 1 heterocycles. The Bertz CT molecular complexity index is 678. The van der Waals surface area contributed by atoms with Crippen LogP contribution in [-0.2, 0) is 11.2 Å². The topological polar surface area (TPSA) is 53.7 Å². The minimum Gasteiger partial charge on any atom is -0.461 e. The molecule has 0 saturated heterocycles. The maximum atomic E-state index is 13.7. The molecule has 23 heavy (non-hydrogen) atoms. The maximum absolute atomic E-state index is 13.7. The van der Waals surface area contributed by atoms with Crippen LogP contribution < -0.4 is 0 Å². The summed E-state index contributed by atoms with van der Waals surface area (Å²) in [4.78, 5) is 14.0. The second kappa shape index (κ2) is 6.96. The molecule has 0 aliphatic heterocycles. The number of rotatable bonds is 7. The molecular weight excluding hydrogens is 297 g/mol. The summed E-state index contributed by atoms with van der Waals surface area (Å²) in [5.74, 6) is 0.842. The zero-order valence-electron chi connectivity index (χ0n) is 12.9. The number of hydrogen-bond acceptors (Lipinski definition) is 3. The molecule has 1 aliphatic carbocycles. The standard InChI is InChI=1S/C18H20FNO3/c19-16-4-2-1-3-15(16)17-9-7-14(23-17)8-10-18(22)20(11-12-21)13-5-6-13/h1-4,7,9,13,21H,5-6,8,10-12H2. The van der Waals surface area contributed by atoms with Gasteiger partial charge in [-0.15, -0.1) is 0 Å². The highest BCUT2D eigenvalue weighted by Gasteiger charge is 2.31. The third kappa shape index (κ3) is 3.79. The van der Waals surface area contributed by atoms with Crippen molar-refractivity contribution in [2.75, 3.05) is 13.2 Å². The molecule has 1 amide bonds. The fourth-order valence-electron chi connectivity index (χ4n) is 2.70. The van der Waals surface area contributed by atoms with E-state index in [9.17, 15) is 9.18 Å². The molecule has 122 valence electrons. The summed E-state index contributed by atoms with van der Waals surface area (Å²) in [6, 6.07) is 10.2. The molecule has 5 heteroatoms. The number of benzene rings is 1. The largest absolute Gasteiger partial charge is 0.461 e. The first-order chi connectivity index (χ1) is 11.2. The van der Waals surface area contributed by atoms with E-state index >= 15 is 0 Å². The number of nitrogens with zero attached hydrogens (tertiary/aromatic N) is 1. The van der Waals surface area contributed by atoms with Crippen LogP contribution in [0, 0.1) is 5.82 Å². The van der Waals surface area contributed by atoms with Gasteiger partial charge in [0.25, 0.3) is 0 Å². The molecule has 1 saturated carbocycles.